The van der Waals surface area contributed by atoms with Gasteiger partial charge in [0.2, 0.25) is 5.95 Å². The number of halogens is 1. The molecular weight excluding hydrogens is 470 g/mol. The van der Waals surface area contributed by atoms with Gasteiger partial charge in [0, 0.05) is 11.1 Å². The SMILES string of the molecule is COc1ccc([C@@H]2C[C@H](c3ccccc3Cl)n3ncnc3N2C(=O)c2ccccc2[N+](=O)[O-])cc1. The Balaban J connectivity index is 1.68. The van der Waals surface area contributed by atoms with E-state index in [-0.39, 0.29) is 23.2 Å². The van der Waals surface area contributed by atoms with Gasteiger partial charge in [-0.15, -0.1) is 0 Å². The molecule has 9 nitrogen and oxygen atoms in total. The van der Waals surface area contributed by atoms with E-state index in [9.17, 15) is 14.9 Å². The van der Waals surface area contributed by atoms with Crippen molar-refractivity contribution >= 4 is 29.1 Å². The van der Waals surface area contributed by atoms with E-state index >= 15 is 0 Å². The number of benzene rings is 3. The molecule has 35 heavy (non-hydrogen) atoms. The van der Waals surface area contributed by atoms with Crippen molar-refractivity contribution in [2.75, 3.05) is 12.0 Å². The number of carbonyl (C=O) groups excluding carboxylic acids is 1. The second kappa shape index (κ2) is 9.19. The van der Waals surface area contributed by atoms with Crippen LogP contribution < -0.4 is 9.64 Å². The molecule has 0 spiro atoms. The molecule has 3 aromatic carbocycles. The van der Waals surface area contributed by atoms with Crippen molar-refractivity contribution in [1.29, 1.82) is 0 Å². The molecule has 0 saturated heterocycles. The van der Waals surface area contributed by atoms with Crippen LogP contribution in [0.5, 0.6) is 5.75 Å². The Hall–Kier alpha value is -4.24. The predicted octanol–water partition coefficient (Wildman–Crippen LogP) is 5.23. The topological polar surface area (TPSA) is 103 Å². The standard InChI is InChI=1S/C25H20ClN5O4/c1-35-17-12-10-16(11-13-17)22-14-23(18-6-2-4-8-20(18)26)30-25(27-15-28-30)29(22)24(32)19-7-3-5-9-21(19)31(33)34/h2-13,15,22-23H,14H2,1H3/t22-,23+/m0/s1. The summed E-state index contributed by atoms with van der Waals surface area (Å²) in [5, 5.41) is 16.6. The van der Waals surface area contributed by atoms with Crippen LogP contribution in [0.25, 0.3) is 0 Å². The number of nitrogens with zero attached hydrogens (tertiary/aromatic N) is 5. The maximum Gasteiger partial charge on any atom is 0.282 e. The predicted molar refractivity (Wildman–Crippen MR) is 130 cm³/mol. The molecule has 0 fully saturated rings. The Kier molecular flexibility index (Phi) is 5.92. The summed E-state index contributed by atoms with van der Waals surface area (Å²) in [6, 6.07) is 19.9. The largest absolute Gasteiger partial charge is 0.497 e. The van der Waals surface area contributed by atoms with Crippen LogP contribution in [0.15, 0.2) is 79.1 Å². The minimum Gasteiger partial charge on any atom is -0.497 e. The van der Waals surface area contributed by atoms with Crippen LogP contribution in [-0.4, -0.2) is 32.7 Å². The summed E-state index contributed by atoms with van der Waals surface area (Å²) in [5.74, 6) is 0.419. The van der Waals surface area contributed by atoms with E-state index in [4.69, 9.17) is 16.3 Å². The molecule has 1 aromatic heterocycles. The number of nitro benzene ring substituents is 1. The third-order valence-electron chi connectivity index (χ3n) is 6.14. The van der Waals surface area contributed by atoms with Crippen molar-refractivity contribution in [3.05, 3.63) is 111 Å². The fourth-order valence-corrected chi connectivity index (χ4v) is 4.75. The van der Waals surface area contributed by atoms with Crippen LogP contribution in [0.2, 0.25) is 5.02 Å². The first kappa shape index (κ1) is 22.5. The maximum atomic E-state index is 13.9. The average molecular weight is 490 g/mol. The van der Waals surface area contributed by atoms with Gasteiger partial charge in [-0.2, -0.15) is 10.1 Å². The maximum absolute atomic E-state index is 13.9. The molecule has 2 heterocycles. The van der Waals surface area contributed by atoms with Crippen LogP contribution in [0, 0.1) is 10.1 Å². The lowest BCUT2D eigenvalue weighted by molar-refractivity contribution is -0.385. The van der Waals surface area contributed by atoms with Crippen LogP contribution in [0.3, 0.4) is 0 Å². The van der Waals surface area contributed by atoms with Gasteiger partial charge in [-0.25, -0.2) is 4.68 Å². The molecule has 0 N–H and O–H groups in total. The highest BCUT2D eigenvalue weighted by Crippen LogP contribution is 2.44. The molecule has 1 aliphatic rings. The zero-order valence-electron chi connectivity index (χ0n) is 18.6. The number of nitro groups is 1. The van der Waals surface area contributed by atoms with E-state index in [0.717, 1.165) is 11.1 Å². The van der Waals surface area contributed by atoms with Crippen molar-refractivity contribution in [3.8, 4) is 5.75 Å². The molecule has 0 aliphatic carbocycles. The zero-order chi connectivity index (χ0) is 24.5. The highest BCUT2D eigenvalue weighted by Gasteiger charge is 2.41. The smallest absolute Gasteiger partial charge is 0.282 e. The highest BCUT2D eigenvalue weighted by atomic mass is 35.5. The minimum atomic E-state index is -0.559. The molecule has 5 rings (SSSR count). The highest BCUT2D eigenvalue weighted by molar-refractivity contribution is 6.31. The number of ether oxygens (including phenoxy) is 1. The molecular formula is C25H20ClN5O4. The van der Waals surface area contributed by atoms with Gasteiger partial charge in [-0.1, -0.05) is 54.1 Å². The van der Waals surface area contributed by atoms with Gasteiger partial charge in [0.15, 0.2) is 0 Å². The third kappa shape index (κ3) is 4.00. The van der Waals surface area contributed by atoms with E-state index in [1.807, 2.05) is 42.5 Å². The van der Waals surface area contributed by atoms with E-state index in [2.05, 4.69) is 10.1 Å². The summed E-state index contributed by atoms with van der Waals surface area (Å²) in [7, 11) is 1.58. The number of para-hydroxylation sites is 1. The number of hydrogen-bond acceptors (Lipinski definition) is 6. The number of fused-ring (bicyclic) bond motifs is 1. The Morgan fingerprint density at radius 3 is 2.49 bits per heavy atom. The Bertz CT molecular complexity index is 1410. The summed E-state index contributed by atoms with van der Waals surface area (Å²) >= 11 is 6.54. The normalized spacial score (nSPS) is 17.0. The molecule has 1 amide bonds. The quantitative estimate of drug-likeness (QED) is 0.281. The lowest BCUT2D eigenvalue weighted by Crippen LogP contribution is -2.43. The van der Waals surface area contributed by atoms with Gasteiger partial charge in [0.05, 0.1) is 24.1 Å². The van der Waals surface area contributed by atoms with Crippen LogP contribution in [-0.2, 0) is 0 Å². The second-order valence-corrected chi connectivity index (χ2v) is 8.42. The molecule has 0 saturated carbocycles. The van der Waals surface area contributed by atoms with Crippen LogP contribution in [0.4, 0.5) is 11.6 Å². The summed E-state index contributed by atoms with van der Waals surface area (Å²) in [6.45, 7) is 0. The summed E-state index contributed by atoms with van der Waals surface area (Å²) in [5.41, 5.74) is 1.37. The molecule has 1 aliphatic heterocycles. The van der Waals surface area contributed by atoms with Crippen molar-refractivity contribution in [2.24, 2.45) is 0 Å². The van der Waals surface area contributed by atoms with E-state index in [0.29, 0.717) is 17.2 Å². The number of rotatable bonds is 5. The van der Waals surface area contributed by atoms with Gasteiger partial charge in [-0.05, 0) is 41.8 Å². The number of methoxy groups -OCH3 is 1. The number of carbonyl (C=O) groups is 1. The Morgan fingerprint density at radius 2 is 1.77 bits per heavy atom. The first-order chi connectivity index (χ1) is 17.0. The number of hydrogen-bond donors (Lipinski definition) is 0. The lowest BCUT2D eigenvalue weighted by atomic mass is 9.91. The fourth-order valence-electron chi connectivity index (χ4n) is 4.48. The average Bonchev–Trinajstić information content (AvgIpc) is 3.38. The van der Waals surface area contributed by atoms with Gasteiger partial charge < -0.3 is 4.74 Å². The number of amides is 1. The van der Waals surface area contributed by atoms with E-state index in [1.165, 1.54) is 29.4 Å². The molecule has 2 atom stereocenters. The van der Waals surface area contributed by atoms with Gasteiger partial charge >= 0.3 is 0 Å². The van der Waals surface area contributed by atoms with Crippen LogP contribution >= 0.6 is 11.6 Å². The number of anilines is 1. The van der Waals surface area contributed by atoms with Gasteiger partial charge in [0.1, 0.15) is 17.6 Å². The lowest BCUT2D eigenvalue weighted by Gasteiger charge is -2.39. The fraction of sp³-hybridized carbons (Fsp3) is 0.160. The van der Waals surface area contributed by atoms with Crippen LogP contribution in [0.1, 0.15) is 40.0 Å². The molecule has 176 valence electrons. The molecule has 0 unspecified atom stereocenters. The molecule has 0 bridgehead atoms. The molecule has 0 radical (unpaired) electrons. The molecule has 10 heteroatoms. The Morgan fingerprint density at radius 1 is 1.06 bits per heavy atom. The zero-order valence-corrected chi connectivity index (χ0v) is 19.4. The van der Waals surface area contributed by atoms with Crippen molar-refractivity contribution in [2.45, 2.75) is 18.5 Å². The Labute approximate surface area is 205 Å². The first-order valence-electron chi connectivity index (χ1n) is 10.8. The van der Waals surface area contributed by atoms with Gasteiger partial charge in [-0.3, -0.25) is 19.8 Å². The third-order valence-corrected chi connectivity index (χ3v) is 6.48. The summed E-state index contributed by atoms with van der Waals surface area (Å²) in [6.07, 6.45) is 1.80. The first-order valence-corrected chi connectivity index (χ1v) is 11.2. The van der Waals surface area contributed by atoms with Crippen molar-refractivity contribution < 1.29 is 14.5 Å². The second-order valence-electron chi connectivity index (χ2n) is 8.02. The van der Waals surface area contributed by atoms with Crippen molar-refractivity contribution in [3.63, 3.8) is 0 Å². The monoisotopic (exact) mass is 489 g/mol. The minimum absolute atomic E-state index is 0.0262. The number of aromatic nitrogens is 3. The van der Waals surface area contributed by atoms with E-state index in [1.54, 1.807) is 23.9 Å². The van der Waals surface area contributed by atoms with E-state index < -0.39 is 16.9 Å². The van der Waals surface area contributed by atoms with Gasteiger partial charge in [0.25, 0.3) is 11.6 Å². The molecule has 4 aromatic rings. The van der Waals surface area contributed by atoms with Crippen molar-refractivity contribution in [1.82, 2.24) is 14.8 Å². The summed E-state index contributed by atoms with van der Waals surface area (Å²) in [4.78, 5) is 30.9. The summed E-state index contributed by atoms with van der Waals surface area (Å²) < 4.78 is 6.94.